The summed E-state index contributed by atoms with van der Waals surface area (Å²) in [6, 6.07) is -1.28. The first-order valence-electron chi connectivity index (χ1n) is 9.65. The maximum absolute atomic E-state index is 12.8. The summed E-state index contributed by atoms with van der Waals surface area (Å²) in [5.41, 5.74) is -5.69. The largest absolute Gasteiger partial charge is 0.523 e. The Kier molecular flexibility index (Phi) is 8.59. The van der Waals surface area contributed by atoms with Crippen molar-refractivity contribution in [2.45, 2.75) is 69.9 Å². The van der Waals surface area contributed by atoms with Gasteiger partial charge in [-0.3, -0.25) is 8.98 Å². The van der Waals surface area contributed by atoms with Crippen molar-refractivity contribution in [3.8, 4) is 0 Å². The van der Waals surface area contributed by atoms with E-state index in [0.717, 1.165) is 4.90 Å². The zero-order chi connectivity index (χ0) is 24.4. The van der Waals surface area contributed by atoms with Crippen molar-refractivity contribution in [2.24, 2.45) is 5.92 Å². The number of hydrogen-bond donors (Lipinski definition) is 1. The first-order chi connectivity index (χ1) is 13.9. The van der Waals surface area contributed by atoms with Gasteiger partial charge in [0.25, 0.3) is 0 Å². The first kappa shape index (κ1) is 27.7. The molecule has 9 nitrogen and oxygen atoms in total. The molecule has 0 bridgehead atoms. The summed E-state index contributed by atoms with van der Waals surface area (Å²) in [4.78, 5) is 25.2. The zero-order valence-electron chi connectivity index (χ0n) is 18.4. The molecule has 1 fully saturated rings. The van der Waals surface area contributed by atoms with Gasteiger partial charge in [-0.15, -0.1) is 0 Å². The molecule has 0 saturated carbocycles. The fraction of sp³-hybridized carbons (Fsp3) is 0.882. The molecule has 31 heavy (non-hydrogen) atoms. The van der Waals surface area contributed by atoms with Crippen LogP contribution in [0.1, 0.15) is 34.1 Å². The molecule has 1 saturated heterocycles. The van der Waals surface area contributed by atoms with E-state index in [1.165, 1.54) is 6.92 Å². The van der Waals surface area contributed by atoms with Crippen molar-refractivity contribution in [1.29, 1.82) is 0 Å². The lowest BCUT2D eigenvalue weighted by atomic mass is 9.87. The lowest BCUT2D eigenvalue weighted by Crippen LogP contribution is -2.60. The van der Waals surface area contributed by atoms with E-state index < -0.39 is 60.5 Å². The zero-order valence-corrected chi connectivity index (χ0v) is 20.2. The van der Waals surface area contributed by atoms with E-state index in [1.807, 2.05) is 33.9 Å². The van der Waals surface area contributed by atoms with Crippen LogP contribution < -0.4 is 0 Å². The molecule has 1 aliphatic rings. The van der Waals surface area contributed by atoms with Crippen molar-refractivity contribution in [3.05, 3.63) is 0 Å². The minimum Gasteiger partial charge on any atom is -0.466 e. The van der Waals surface area contributed by atoms with Crippen LogP contribution in [0.4, 0.5) is 18.0 Å². The smallest absolute Gasteiger partial charge is 0.466 e. The van der Waals surface area contributed by atoms with Gasteiger partial charge in [-0.1, -0.05) is 20.8 Å². The van der Waals surface area contributed by atoms with Gasteiger partial charge in [0.2, 0.25) is 0 Å². The molecule has 1 N–H and O–H groups in total. The molecule has 0 radical (unpaired) electrons. The van der Waals surface area contributed by atoms with Crippen molar-refractivity contribution >= 4 is 30.5 Å². The second kappa shape index (κ2) is 9.63. The Hall–Kier alpha value is -1.38. The number of ether oxygens (including phenoxy) is 1. The third kappa shape index (κ3) is 6.55. The summed E-state index contributed by atoms with van der Waals surface area (Å²) in [5, 5.41) is 9.29. The predicted molar refractivity (Wildman–Crippen MR) is 106 cm³/mol. The molecule has 0 aromatic heterocycles. The predicted octanol–water partition coefficient (Wildman–Crippen LogP) is 3.17. The highest BCUT2D eigenvalue weighted by atomic mass is 32.2. The highest BCUT2D eigenvalue weighted by Crippen LogP contribution is 2.38. The summed E-state index contributed by atoms with van der Waals surface area (Å²) in [7, 11) is -8.46. The SMILES string of the molecule is CCOC(=O)C1C(OS(=O)(=O)C(F)(F)F)CCN(C(=O)O)C1CO[Si](C)(C)C(C)(C)C. The van der Waals surface area contributed by atoms with Crippen LogP contribution in [0.5, 0.6) is 0 Å². The van der Waals surface area contributed by atoms with Crippen LogP contribution in [0.2, 0.25) is 18.1 Å². The van der Waals surface area contributed by atoms with Crippen LogP contribution in [0.3, 0.4) is 0 Å². The lowest BCUT2D eigenvalue weighted by Gasteiger charge is -2.44. The first-order valence-corrected chi connectivity index (χ1v) is 14.0. The van der Waals surface area contributed by atoms with Crippen LogP contribution in [0.25, 0.3) is 0 Å². The van der Waals surface area contributed by atoms with Gasteiger partial charge >= 0.3 is 27.7 Å². The number of piperidine rings is 1. The normalized spacial score (nSPS) is 23.5. The number of amides is 1. The minimum absolute atomic E-state index is 0.142. The molecule has 0 aliphatic carbocycles. The van der Waals surface area contributed by atoms with Crippen molar-refractivity contribution < 1.29 is 49.6 Å². The van der Waals surface area contributed by atoms with E-state index >= 15 is 0 Å². The van der Waals surface area contributed by atoms with Gasteiger partial charge in [0.15, 0.2) is 8.32 Å². The monoisotopic (exact) mass is 493 g/mol. The lowest BCUT2D eigenvalue weighted by molar-refractivity contribution is -0.158. The Morgan fingerprint density at radius 3 is 2.16 bits per heavy atom. The molecule has 182 valence electrons. The molecular formula is C17H30F3NO8SSi. The number of carboxylic acid groups (broad SMARTS) is 1. The third-order valence-electron chi connectivity index (χ3n) is 5.63. The minimum atomic E-state index is -6.01. The van der Waals surface area contributed by atoms with E-state index in [9.17, 15) is 36.3 Å². The molecule has 0 aromatic rings. The second-order valence-corrected chi connectivity index (χ2v) is 15.1. The highest BCUT2D eigenvalue weighted by Gasteiger charge is 2.54. The van der Waals surface area contributed by atoms with E-state index in [2.05, 4.69) is 4.18 Å². The highest BCUT2D eigenvalue weighted by molar-refractivity contribution is 7.87. The number of rotatable bonds is 7. The Balaban J connectivity index is 3.35. The van der Waals surface area contributed by atoms with Crippen molar-refractivity contribution in [2.75, 3.05) is 19.8 Å². The Morgan fingerprint density at radius 2 is 1.74 bits per heavy atom. The quantitative estimate of drug-likeness (QED) is 0.249. The molecular weight excluding hydrogens is 463 g/mol. The van der Waals surface area contributed by atoms with Gasteiger partial charge < -0.3 is 19.2 Å². The number of hydrogen-bond acceptors (Lipinski definition) is 7. The molecule has 3 unspecified atom stereocenters. The maximum atomic E-state index is 12.8. The number of alkyl halides is 3. The topological polar surface area (TPSA) is 119 Å². The van der Waals surface area contributed by atoms with Gasteiger partial charge in [-0.2, -0.15) is 21.6 Å². The number of esters is 1. The molecule has 1 aliphatic heterocycles. The summed E-state index contributed by atoms with van der Waals surface area (Å²) in [6.07, 6.45) is -3.62. The van der Waals surface area contributed by atoms with E-state index in [4.69, 9.17) is 9.16 Å². The molecule has 1 heterocycles. The molecule has 1 rings (SSSR count). The Bertz CT molecular complexity index is 766. The number of nitrogens with zero attached hydrogens (tertiary/aromatic N) is 1. The van der Waals surface area contributed by atoms with Crippen LogP contribution in [-0.2, 0) is 28.3 Å². The molecule has 1 amide bonds. The van der Waals surface area contributed by atoms with E-state index in [0.29, 0.717) is 0 Å². The van der Waals surface area contributed by atoms with Gasteiger partial charge in [0, 0.05) is 6.54 Å². The van der Waals surface area contributed by atoms with E-state index in [1.54, 1.807) is 0 Å². The van der Waals surface area contributed by atoms with Gasteiger partial charge in [-0.05, 0) is 31.5 Å². The fourth-order valence-electron chi connectivity index (χ4n) is 2.87. The van der Waals surface area contributed by atoms with Crippen LogP contribution in [0.15, 0.2) is 0 Å². The molecule has 0 spiro atoms. The Morgan fingerprint density at radius 1 is 1.19 bits per heavy atom. The number of carbonyl (C=O) groups excluding carboxylic acids is 1. The summed E-state index contributed by atoms with van der Waals surface area (Å²) < 4.78 is 77.0. The van der Waals surface area contributed by atoms with Crippen LogP contribution in [0, 0.1) is 5.92 Å². The fourth-order valence-corrected chi connectivity index (χ4v) is 4.54. The van der Waals surface area contributed by atoms with Gasteiger partial charge in [-0.25, -0.2) is 4.79 Å². The molecule has 3 atom stereocenters. The van der Waals surface area contributed by atoms with Crippen LogP contribution >= 0.6 is 0 Å². The number of halogens is 3. The van der Waals surface area contributed by atoms with Crippen LogP contribution in [-0.4, -0.2) is 76.2 Å². The number of carbonyl (C=O) groups is 2. The van der Waals surface area contributed by atoms with Gasteiger partial charge in [0.1, 0.15) is 5.92 Å². The van der Waals surface area contributed by atoms with Gasteiger partial charge in [0.05, 0.1) is 25.4 Å². The average Bonchev–Trinajstić information content (AvgIpc) is 2.57. The molecule has 0 aromatic carbocycles. The maximum Gasteiger partial charge on any atom is 0.523 e. The van der Waals surface area contributed by atoms with E-state index in [-0.39, 0.29) is 24.8 Å². The third-order valence-corrected chi connectivity index (χ3v) is 11.2. The second-order valence-electron chi connectivity index (χ2n) is 8.72. The van der Waals surface area contributed by atoms with Crippen molar-refractivity contribution in [1.82, 2.24) is 4.90 Å². The molecule has 14 heteroatoms. The number of likely N-dealkylation sites (tertiary alicyclic amines) is 1. The Labute approximate surface area is 181 Å². The standard InChI is InChI=1S/C17H30F3NO8SSi/c1-7-27-14(22)13-11(10-28-31(5,6)16(2,3)4)21(15(23)24)9-8-12(13)29-30(25,26)17(18,19)20/h11-13H,7-10H2,1-6H3,(H,23,24). The van der Waals surface area contributed by atoms with Crippen molar-refractivity contribution in [3.63, 3.8) is 0 Å². The summed E-state index contributed by atoms with van der Waals surface area (Å²) >= 11 is 0. The average molecular weight is 494 g/mol. The summed E-state index contributed by atoms with van der Waals surface area (Å²) in [5.74, 6) is -2.67. The summed E-state index contributed by atoms with van der Waals surface area (Å²) in [6.45, 7) is 10.2.